The van der Waals surface area contributed by atoms with Gasteiger partial charge in [-0.2, -0.15) is 0 Å². The molecule has 1 aromatic rings. The number of aromatic nitrogens is 1. The van der Waals surface area contributed by atoms with Crippen LogP contribution in [0.15, 0.2) is 0 Å². The molecule has 2 N–H and O–H groups in total. The maximum absolute atomic E-state index is 11.8. The van der Waals surface area contributed by atoms with Crippen LogP contribution in [0.5, 0.6) is 0 Å². The average molecular weight is 257 g/mol. The lowest BCUT2D eigenvalue weighted by Gasteiger charge is -2.07. The summed E-state index contributed by atoms with van der Waals surface area (Å²) >= 11 is 3.29. The highest BCUT2D eigenvalue weighted by Gasteiger charge is 2.23. The van der Waals surface area contributed by atoms with Crippen molar-refractivity contribution in [2.45, 2.75) is 26.3 Å². The minimum Gasteiger partial charge on any atom is -0.301 e. The molecule has 2 rings (SSSR count). The predicted molar refractivity (Wildman–Crippen MR) is 69.1 cm³/mol. The lowest BCUT2D eigenvalue weighted by Crippen LogP contribution is -2.37. The fourth-order valence-electron chi connectivity index (χ4n) is 1.57. The van der Waals surface area contributed by atoms with Crippen molar-refractivity contribution in [2.75, 3.05) is 16.9 Å². The Balaban J connectivity index is 1.99. The van der Waals surface area contributed by atoms with Gasteiger partial charge in [-0.3, -0.25) is 10.1 Å². The lowest BCUT2D eigenvalue weighted by atomic mass is 10.3. The molecule has 1 atom stereocenters. The second-order valence-corrected chi connectivity index (χ2v) is 5.87. The predicted octanol–water partition coefficient (Wildman–Crippen LogP) is 1.61. The van der Waals surface area contributed by atoms with Gasteiger partial charge in [0.05, 0.1) is 11.7 Å². The monoisotopic (exact) mass is 257 g/mol. The second-order valence-electron chi connectivity index (χ2n) is 3.64. The SMILES string of the molecule is CCc1nc(NC(=O)C2CSCN2)sc1C. The molecule has 1 aromatic heterocycles. The Kier molecular flexibility index (Phi) is 3.83. The molecule has 1 unspecified atom stereocenters. The molecule has 4 nitrogen and oxygen atoms in total. The van der Waals surface area contributed by atoms with Gasteiger partial charge in [-0.05, 0) is 13.3 Å². The summed E-state index contributed by atoms with van der Waals surface area (Å²) < 4.78 is 0. The van der Waals surface area contributed by atoms with Crippen LogP contribution >= 0.6 is 23.1 Å². The molecule has 16 heavy (non-hydrogen) atoms. The average Bonchev–Trinajstić information content (AvgIpc) is 2.87. The highest BCUT2D eigenvalue weighted by atomic mass is 32.2. The van der Waals surface area contributed by atoms with Gasteiger partial charge in [0.2, 0.25) is 5.91 Å². The minimum atomic E-state index is -0.0701. The fraction of sp³-hybridized carbons (Fsp3) is 0.600. The first kappa shape index (κ1) is 11.9. The Morgan fingerprint density at radius 1 is 1.69 bits per heavy atom. The van der Waals surface area contributed by atoms with Crippen LogP contribution in [0, 0.1) is 6.92 Å². The fourth-order valence-corrected chi connectivity index (χ4v) is 3.41. The zero-order valence-electron chi connectivity index (χ0n) is 9.37. The molecule has 0 radical (unpaired) electrons. The van der Waals surface area contributed by atoms with Gasteiger partial charge in [0.1, 0.15) is 0 Å². The number of thioether (sulfide) groups is 1. The van der Waals surface area contributed by atoms with Crippen molar-refractivity contribution < 1.29 is 4.79 Å². The van der Waals surface area contributed by atoms with Gasteiger partial charge in [-0.1, -0.05) is 6.92 Å². The van der Waals surface area contributed by atoms with E-state index in [-0.39, 0.29) is 11.9 Å². The quantitative estimate of drug-likeness (QED) is 0.864. The molecular formula is C10H15N3OS2. The molecule has 6 heteroatoms. The smallest absolute Gasteiger partial charge is 0.244 e. The summed E-state index contributed by atoms with van der Waals surface area (Å²) in [6.45, 7) is 4.11. The molecule has 1 saturated heterocycles. The maximum Gasteiger partial charge on any atom is 0.244 e. The van der Waals surface area contributed by atoms with Gasteiger partial charge in [-0.25, -0.2) is 4.98 Å². The third kappa shape index (κ3) is 2.56. The van der Waals surface area contributed by atoms with Crippen LogP contribution < -0.4 is 10.6 Å². The highest BCUT2D eigenvalue weighted by molar-refractivity contribution is 7.99. The Labute approximate surface area is 103 Å². The molecule has 0 aliphatic carbocycles. The maximum atomic E-state index is 11.8. The number of hydrogen-bond acceptors (Lipinski definition) is 5. The van der Waals surface area contributed by atoms with Crippen molar-refractivity contribution >= 4 is 34.1 Å². The van der Waals surface area contributed by atoms with E-state index in [2.05, 4.69) is 22.5 Å². The number of carbonyl (C=O) groups excluding carboxylic acids is 1. The van der Waals surface area contributed by atoms with E-state index in [0.717, 1.165) is 28.9 Å². The number of thiazole rings is 1. The molecule has 0 aromatic carbocycles. The largest absolute Gasteiger partial charge is 0.301 e. The van der Waals surface area contributed by atoms with E-state index >= 15 is 0 Å². The molecule has 2 heterocycles. The van der Waals surface area contributed by atoms with Crippen LogP contribution in [0.1, 0.15) is 17.5 Å². The molecule has 88 valence electrons. The van der Waals surface area contributed by atoms with Gasteiger partial charge < -0.3 is 5.32 Å². The molecule has 1 aliphatic rings. The van der Waals surface area contributed by atoms with Crippen LogP contribution in [0.4, 0.5) is 5.13 Å². The van der Waals surface area contributed by atoms with Crippen molar-refractivity contribution in [3.8, 4) is 0 Å². The first-order valence-electron chi connectivity index (χ1n) is 5.29. The van der Waals surface area contributed by atoms with Crippen LogP contribution in [0.2, 0.25) is 0 Å². The molecule has 1 fully saturated rings. The number of nitrogens with zero attached hydrogens (tertiary/aromatic N) is 1. The second kappa shape index (κ2) is 5.16. The number of amides is 1. The van der Waals surface area contributed by atoms with Gasteiger partial charge in [-0.15, -0.1) is 23.1 Å². The van der Waals surface area contributed by atoms with Gasteiger partial charge in [0, 0.05) is 16.5 Å². The van der Waals surface area contributed by atoms with Crippen molar-refractivity contribution in [3.63, 3.8) is 0 Å². The van der Waals surface area contributed by atoms with Crippen LogP contribution in [-0.4, -0.2) is 28.6 Å². The molecular weight excluding hydrogens is 242 g/mol. The summed E-state index contributed by atoms with van der Waals surface area (Å²) in [6, 6.07) is -0.0701. The topological polar surface area (TPSA) is 54.0 Å². The van der Waals surface area contributed by atoms with E-state index < -0.39 is 0 Å². The number of anilines is 1. The Morgan fingerprint density at radius 3 is 3.06 bits per heavy atom. The van der Waals surface area contributed by atoms with Gasteiger partial charge >= 0.3 is 0 Å². The van der Waals surface area contributed by atoms with E-state index in [1.165, 1.54) is 4.88 Å². The van der Waals surface area contributed by atoms with E-state index in [1.54, 1.807) is 23.1 Å². The molecule has 0 bridgehead atoms. The summed E-state index contributed by atoms with van der Waals surface area (Å²) in [7, 11) is 0. The van der Waals surface area contributed by atoms with Crippen molar-refractivity contribution in [2.24, 2.45) is 0 Å². The van der Waals surface area contributed by atoms with Gasteiger partial charge in [0.15, 0.2) is 5.13 Å². The number of hydrogen-bond donors (Lipinski definition) is 2. The third-order valence-corrected chi connectivity index (χ3v) is 4.36. The van der Waals surface area contributed by atoms with Crippen molar-refractivity contribution in [1.29, 1.82) is 0 Å². The summed E-state index contributed by atoms with van der Waals surface area (Å²) in [4.78, 5) is 17.4. The number of nitrogens with one attached hydrogen (secondary N) is 2. The van der Waals surface area contributed by atoms with Crippen LogP contribution in [-0.2, 0) is 11.2 Å². The Morgan fingerprint density at radius 2 is 2.50 bits per heavy atom. The van der Waals surface area contributed by atoms with Gasteiger partial charge in [0.25, 0.3) is 0 Å². The Bertz CT molecular complexity index is 385. The van der Waals surface area contributed by atoms with Crippen LogP contribution in [0.3, 0.4) is 0 Å². The molecule has 1 aliphatic heterocycles. The van der Waals surface area contributed by atoms with E-state index in [0.29, 0.717) is 0 Å². The standard InChI is InChI=1S/C10H15N3OS2/c1-3-7-6(2)16-10(12-7)13-9(14)8-4-15-5-11-8/h8,11H,3-5H2,1-2H3,(H,12,13,14). The minimum absolute atomic E-state index is 0.0291. The number of carbonyl (C=O) groups is 1. The summed E-state index contributed by atoms with van der Waals surface area (Å²) in [5.74, 6) is 1.73. The first-order chi connectivity index (χ1) is 7.70. The normalized spacial score (nSPS) is 20.0. The summed E-state index contributed by atoms with van der Waals surface area (Å²) in [5, 5.41) is 6.73. The molecule has 0 saturated carbocycles. The Hall–Kier alpha value is -0.590. The third-order valence-electron chi connectivity index (χ3n) is 2.49. The lowest BCUT2D eigenvalue weighted by molar-refractivity contribution is -0.117. The molecule has 1 amide bonds. The van der Waals surface area contributed by atoms with Crippen molar-refractivity contribution in [1.82, 2.24) is 10.3 Å². The number of aryl methyl sites for hydroxylation is 2. The highest BCUT2D eigenvalue weighted by Crippen LogP contribution is 2.23. The zero-order valence-corrected chi connectivity index (χ0v) is 11.0. The summed E-state index contributed by atoms with van der Waals surface area (Å²) in [5.41, 5.74) is 1.08. The zero-order chi connectivity index (χ0) is 11.5. The number of rotatable bonds is 3. The van der Waals surface area contributed by atoms with Crippen molar-refractivity contribution in [3.05, 3.63) is 10.6 Å². The van der Waals surface area contributed by atoms with Crippen LogP contribution in [0.25, 0.3) is 0 Å². The summed E-state index contributed by atoms with van der Waals surface area (Å²) in [6.07, 6.45) is 0.912. The van der Waals surface area contributed by atoms with E-state index in [1.807, 2.05) is 6.92 Å². The first-order valence-corrected chi connectivity index (χ1v) is 7.26. The van der Waals surface area contributed by atoms with E-state index in [4.69, 9.17) is 0 Å². The molecule has 0 spiro atoms. The van der Waals surface area contributed by atoms with E-state index in [9.17, 15) is 4.79 Å².